The van der Waals surface area contributed by atoms with Crippen LogP contribution in [0.15, 0.2) is 51.9 Å². The summed E-state index contributed by atoms with van der Waals surface area (Å²) >= 11 is -2.16. The topological polar surface area (TPSA) is 92.0 Å². The monoisotopic (exact) mass is 367 g/mol. The van der Waals surface area contributed by atoms with Crippen LogP contribution in [0.1, 0.15) is 22.8 Å². The van der Waals surface area contributed by atoms with Crippen molar-refractivity contribution in [2.24, 2.45) is 0 Å². The van der Waals surface area contributed by atoms with Crippen LogP contribution < -0.4 is 0 Å². The van der Waals surface area contributed by atoms with Crippen LogP contribution in [0, 0.1) is 13.8 Å². The summed E-state index contributed by atoms with van der Waals surface area (Å²) < 4.78 is 26.9. The average molecular weight is 367 g/mol. The molecule has 26 heavy (non-hydrogen) atoms. The van der Waals surface area contributed by atoms with Crippen molar-refractivity contribution in [2.45, 2.75) is 25.2 Å². The highest BCUT2D eigenvalue weighted by atomic mass is 32.2. The summed E-state index contributed by atoms with van der Waals surface area (Å²) in [7, 11) is 0. The van der Waals surface area contributed by atoms with E-state index in [1.807, 2.05) is 50.2 Å². The van der Waals surface area contributed by atoms with Crippen LogP contribution in [0.3, 0.4) is 0 Å². The van der Waals surface area contributed by atoms with Gasteiger partial charge >= 0.3 is 0 Å². The molecule has 6 nitrogen and oxygen atoms in total. The van der Waals surface area contributed by atoms with Crippen LogP contribution in [0.25, 0.3) is 22.2 Å². The van der Waals surface area contributed by atoms with Crippen molar-refractivity contribution in [1.82, 2.24) is 15.1 Å². The lowest BCUT2D eigenvalue weighted by molar-refractivity contribution is 0.393. The van der Waals surface area contributed by atoms with Gasteiger partial charge in [-0.05, 0) is 37.1 Å². The molecule has 7 heteroatoms. The zero-order chi connectivity index (χ0) is 18.3. The van der Waals surface area contributed by atoms with Gasteiger partial charge in [-0.2, -0.15) is 0 Å². The Bertz CT molecular complexity index is 1100. The molecule has 0 fully saturated rings. The summed E-state index contributed by atoms with van der Waals surface area (Å²) in [6, 6.07) is 13.5. The minimum atomic E-state index is -2.16. The molecule has 2 aromatic carbocycles. The maximum absolute atomic E-state index is 11.9. The van der Waals surface area contributed by atoms with Gasteiger partial charge in [-0.1, -0.05) is 35.5 Å². The number of aromatic nitrogens is 3. The van der Waals surface area contributed by atoms with Gasteiger partial charge in [-0.15, -0.1) is 0 Å². The van der Waals surface area contributed by atoms with E-state index in [1.165, 1.54) is 0 Å². The molecule has 2 aromatic heterocycles. The lowest BCUT2D eigenvalue weighted by atomic mass is 10.0. The summed E-state index contributed by atoms with van der Waals surface area (Å²) in [5.74, 6) is 1.41. The predicted molar refractivity (Wildman–Crippen MR) is 99.3 cm³/mol. The molecule has 1 atom stereocenters. The molecule has 4 rings (SSSR count). The molecule has 0 aliphatic carbocycles. The lowest BCUT2D eigenvalue weighted by Crippen LogP contribution is -1.93. The Morgan fingerprint density at radius 1 is 1.19 bits per heavy atom. The first kappa shape index (κ1) is 16.7. The zero-order valence-electron chi connectivity index (χ0n) is 14.3. The maximum Gasteiger partial charge on any atom is 0.188 e. The molecule has 0 saturated carbocycles. The number of hydrogen-bond acceptors (Lipinski definition) is 4. The summed E-state index contributed by atoms with van der Waals surface area (Å²) in [4.78, 5) is 8.09. The van der Waals surface area contributed by atoms with E-state index < -0.39 is 11.1 Å². The van der Waals surface area contributed by atoms with Gasteiger partial charge in [0.25, 0.3) is 0 Å². The van der Waals surface area contributed by atoms with Gasteiger partial charge in [0.1, 0.15) is 17.1 Å². The summed E-state index contributed by atoms with van der Waals surface area (Å²) in [5, 5.41) is 3.97. The van der Waals surface area contributed by atoms with Crippen molar-refractivity contribution in [1.29, 1.82) is 0 Å². The highest BCUT2D eigenvalue weighted by Gasteiger charge is 2.18. The highest BCUT2D eigenvalue weighted by Crippen LogP contribution is 2.32. The Labute approximate surface area is 152 Å². The molecule has 132 valence electrons. The van der Waals surface area contributed by atoms with Gasteiger partial charge in [0.15, 0.2) is 11.1 Å². The first-order chi connectivity index (χ1) is 12.5. The Morgan fingerprint density at radius 3 is 2.62 bits per heavy atom. The molecule has 0 saturated heterocycles. The van der Waals surface area contributed by atoms with E-state index in [-0.39, 0.29) is 4.90 Å². The quantitative estimate of drug-likeness (QED) is 0.532. The third-order valence-corrected chi connectivity index (χ3v) is 5.01. The normalized spacial score (nSPS) is 12.6. The highest BCUT2D eigenvalue weighted by molar-refractivity contribution is 7.79. The maximum atomic E-state index is 11.9. The minimum Gasteiger partial charge on any atom is -0.361 e. The van der Waals surface area contributed by atoms with Crippen LogP contribution in [-0.4, -0.2) is 23.9 Å². The van der Waals surface area contributed by atoms with Crippen molar-refractivity contribution >= 4 is 22.1 Å². The summed E-state index contributed by atoms with van der Waals surface area (Å²) in [6.45, 7) is 3.67. The Hall–Kier alpha value is -2.77. The number of aromatic amines is 1. The van der Waals surface area contributed by atoms with Crippen molar-refractivity contribution in [3.8, 4) is 11.1 Å². The van der Waals surface area contributed by atoms with Gasteiger partial charge in [-0.3, -0.25) is 0 Å². The van der Waals surface area contributed by atoms with E-state index in [4.69, 9.17) is 4.52 Å². The molecule has 0 radical (unpaired) electrons. The minimum absolute atomic E-state index is 0.271. The average Bonchev–Trinajstić information content (AvgIpc) is 3.17. The van der Waals surface area contributed by atoms with Gasteiger partial charge < -0.3 is 14.1 Å². The molecule has 0 bridgehead atoms. The van der Waals surface area contributed by atoms with Crippen molar-refractivity contribution in [3.63, 3.8) is 0 Å². The Kier molecular flexibility index (Phi) is 4.18. The molecule has 1 unspecified atom stereocenters. The standard InChI is InChI=1S/C19H17N3O3S/c1-11-18(12(2)25-22-11)14-9-15-19(16(10-14)26(23)24)21-17(20-15)8-13-6-4-3-5-7-13/h3-7,9-10H,8H2,1-2H3,(H,20,21)(H,23,24). The Morgan fingerprint density at radius 2 is 1.96 bits per heavy atom. The third-order valence-electron chi connectivity index (χ3n) is 4.33. The SMILES string of the molecule is Cc1noc(C)c1-c1cc(S(=O)O)c2nc(Cc3ccccc3)[nH]c2c1. The van der Waals surface area contributed by atoms with Crippen molar-refractivity contribution in [3.05, 3.63) is 65.3 Å². The number of hydrogen-bond donors (Lipinski definition) is 2. The number of benzene rings is 2. The number of fused-ring (bicyclic) bond motifs is 1. The smallest absolute Gasteiger partial charge is 0.188 e. The number of nitrogens with zero attached hydrogens (tertiary/aromatic N) is 2. The van der Waals surface area contributed by atoms with Gasteiger partial charge in [0.2, 0.25) is 0 Å². The van der Waals surface area contributed by atoms with Crippen molar-refractivity contribution in [2.75, 3.05) is 0 Å². The van der Waals surface area contributed by atoms with Crippen LogP contribution in [0.2, 0.25) is 0 Å². The van der Waals surface area contributed by atoms with E-state index in [9.17, 15) is 8.76 Å². The Balaban J connectivity index is 1.86. The zero-order valence-corrected chi connectivity index (χ0v) is 15.1. The lowest BCUT2D eigenvalue weighted by Gasteiger charge is -2.04. The fourth-order valence-corrected chi connectivity index (χ4v) is 3.73. The van der Waals surface area contributed by atoms with E-state index >= 15 is 0 Å². The fourth-order valence-electron chi connectivity index (χ4n) is 3.18. The fraction of sp³-hybridized carbons (Fsp3) is 0.158. The van der Waals surface area contributed by atoms with Gasteiger partial charge in [0, 0.05) is 12.0 Å². The largest absolute Gasteiger partial charge is 0.361 e. The van der Waals surface area contributed by atoms with E-state index in [0.717, 1.165) is 28.2 Å². The number of imidazole rings is 1. The van der Waals surface area contributed by atoms with Gasteiger partial charge in [0.05, 0.1) is 16.1 Å². The van der Waals surface area contributed by atoms with E-state index in [2.05, 4.69) is 15.1 Å². The first-order valence-corrected chi connectivity index (χ1v) is 9.24. The number of aryl methyl sites for hydroxylation is 2. The molecular weight excluding hydrogens is 350 g/mol. The molecule has 2 heterocycles. The van der Waals surface area contributed by atoms with Crippen LogP contribution in [-0.2, 0) is 17.5 Å². The van der Waals surface area contributed by atoms with Gasteiger partial charge in [-0.25, -0.2) is 9.19 Å². The molecule has 2 N–H and O–H groups in total. The summed E-state index contributed by atoms with van der Waals surface area (Å²) in [6.07, 6.45) is 0.619. The predicted octanol–water partition coefficient (Wildman–Crippen LogP) is 4.01. The molecule has 4 aromatic rings. The number of nitrogens with one attached hydrogen (secondary N) is 1. The molecule has 0 aliphatic heterocycles. The second-order valence-corrected chi connectivity index (χ2v) is 7.10. The van der Waals surface area contributed by atoms with Crippen LogP contribution in [0.4, 0.5) is 0 Å². The molecule has 0 aliphatic rings. The van der Waals surface area contributed by atoms with Crippen LogP contribution >= 0.6 is 0 Å². The second-order valence-electron chi connectivity index (χ2n) is 6.16. The molecule has 0 amide bonds. The van der Waals surface area contributed by atoms with Crippen LogP contribution in [0.5, 0.6) is 0 Å². The van der Waals surface area contributed by atoms with Crippen molar-refractivity contribution < 1.29 is 13.3 Å². The number of H-pyrrole nitrogens is 1. The van der Waals surface area contributed by atoms with E-state index in [0.29, 0.717) is 23.2 Å². The number of rotatable bonds is 4. The first-order valence-electron chi connectivity index (χ1n) is 8.13. The molecular formula is C19H17N3O3S. The molecule has 0 spiro atoms. The second kappa shape index (κ2) is 6.51. The third kappa shape index (κ3) is 2.95. The summed E-state index contributed by atoms with van der Waals surface area (Å²) in [5.41, 5.74) is 4.68. The van der Waals surface area contributed by atoms with E-state index in [1.54, 1.807) is 6.07 Å².